The van der Waals surface area contributed by atoms with Gasteiger partial charge in [0.2, 0.25) is 0 Å². The molecule has 2 unspecified atom stereocenters. The zero-order valence-corrected chi connectivity index (χ0v) is 11.9. The van der Waals surface area contributed by atoms with Crippen molar-refractivity contribution in [2.75, 3.05) is 20.3 Å². The minimum Gasteiger partial charge on any atom is -0.494 e. The summed E-state index contributed by atoms with van der Waals surface area (Å²) in [5.41, 5.74) is 1.23. The Hall–Kier alpha value is -1.06. The lowest BCUT2D eigenvalue weighted by Gasteiger charge is -2.24. The highest BCUT2D eigenvalue weighted by Gasteiger charge is 2.17. The summed E-state index contributed by atoms with van der Waals surface area (Å²) in [7, 11) is 1.74. The number of hydrogen-bond donors (Lipinski definition) is 1. The zero-order valence-electron chi connectivity index (χ0n) is 11.9. The average molecular weight is 251 g/mol. The van der Waals surface area contributed by atoms with Gasteiger partial charge in [-0.05, 0) is 37.6 Å². The molecule has 0 aliphatic rings. The van der Waals surface area contributed by atoms with Gasteiger partial charge in [0, 0.05) is 7.11 Å². The fourth-order valence-electron chi connectivity index (χ4n) is 1.90. The first kappa shape index (κ1) is 15.0. The molecule has 0 fully saturated rings. The van der Waals surface area contributed by atoms with E-state index in [1.165, 1.54) is 5.56 Å². The van der Waals surface area contributed by atoms with Gasteiger partial charge in [-0.2, -0.15) is 0 Å². The van der Waals surface area contributed by atoms with Crippen molar-refractivity contribution in [2.45, 2.75) is 39.3 Å². The van der Waals surface area contributed by atoms with Crippen LogP contribution in [0.25, 0.3) is 0 Å². The van der Waals surface area contributed by atoms with Crippen molar-refractivity contribution >= 4 is 0 Å². The summed E-state index contributed by atoms with van der Waals surface area (Å²) in [5, 5.41) is 3.45. The van der Waals surface area contributed by atoms with Crippen LogP contribution < -0.4 is 10.1 Å². The number of benzene rings is 1. The SMILES string of the molecule is CCCOc1ccc(C(NCC)C(C)OC)cc1. The van der Waals surface area contributed by atoms with E-state index in [1.54, 1.807) is 7.11 Å². The molecule has 0 bridgehead atoms. The number of methoxy groups -OCH3 is 1. The van der Waals surface area contributed by atoms with Gasteiger partial charge < -0.3 is 14.8 Å². The molecule has 0 saturated heterocycles. The van der Waals surface area contributed by atoms with Gasteiger partial charge in [0.1, 0.15) is 5.75 Å². The van der Waals surface area contributed by atoms with Crippen LogP contribution in [0.2, 0.25) is 0 Å². The van der Waals surface area contributed by atoms with E-state index in [9.17, 15) is 0 Å². The van der Waals surface area contributed by atoms with Gasteiger partial charge in [0.25, 0.3) is 0 Å². The van der Waals surface area contributed by atoms with Gasteiger partial charge in [-0.15, -0.1) is 0 Å². The zero-order chi connectivity index (χ0) is 13.4. The van der Waals surface area contributed by atoms with Crippen molar-refractivity contribution < 1.29 is 9.47 Å². The average Bonchev–Trinajstić information content (AvgIpc) is 2.42. The van der Waals surface area contributed by atoms with Crippen molar-refractivity contribution in [3.8, 4) is 5.75 Å². The molecule has 102 valence electrons. The van der Waals surface area contributed by atoms with Crippen molar-refractivity contribution in [1.29, 1.82) is 0 Å². The molecule has 3 heteroatoms. The maximum absolute atomic E-state index is 5.59. The summed E-state index contributed by atoms with van der Waals surface area (Å²) in [4.78, 5) is 0. The summed E-state index contributed by atoms with van der Waals surface area (Å²) in [5.74, 6) is 0.931. The van der Waals surface area contributed by atoms with Crippen LogP contribution in [-0.4, -0.2) is 26.4 Å². The number of rotatable bonds is 8. The van der Waals surface area contributed by atoms with Crippen LogP contribution in [0.15, 0.2) is 24.3 Å². The maximum atomic E-state index is 5.59. The van der Waals surface area contributed by atoms with Crippen molar-refractivity contribution in [3.63, 3.8) is 0 Å². The van der Waals surface area contributed by atoms with Gasteiger partial charge in [-0.3, -0.25) is 0 Å². The second kappa shape index (κ2) is 8.11. The largest absolute Gasteiger partial charge is 0.494 e. The molecule has 0 amide bonds. The third-order valence-electron chi connectivity index (χ3n) is 2.98. The van der Waals surface area contributed by atoms with Gasteiger partial charge in [-0.1, -0.05) is 26.0 Å². The highest BCUT2D eigenvalue weighted by Crippen LogP contribution is 2.21. The highest BCUT2D eigenvalue weighted by atomic mass is 16.5. The molecule has 3 nitrogen and oxygen atoms in total. The Kier molecular flexibility index (Phi) is 6.76. The van der Waals surface area contributed by atoms with Crippen LogP contribution >= 0.6 is 0 Å². The van der Waals surface area contributed by atoms with Crippen molar-refractivity contribution in [3.05, 3.63) is 29.8 Å². The standard InChI is InChI=1S/C15H25NO2/c1-5-11-18-14-9-7-13(8-10-14)15(16-6-2)12(3)17-4/h7-10,12,15-16H,5-6,11H2,1-4H3. The molecular formula is C15H25NO2. The Balaban J connectivity index is 2.73. The first-order valence-electron chi connectivity index (χ1n) is 6.71. The van der Waals surface area contributed by atoms with Crippen molar-refractivity contribution in [2.24, 2.45) is 0 Å². The topological polar surface area (TPSA) is 30.5 Å². The number of likely N-dealkylation sites (N-methyl/N-ethyl adjacent to an activating group) is 1. The molecule has 1 aromatic rings. The molecule has 0 aromatic heterocycles. The van der Waals surface area contributed by atoms with Crippen LogP contribution in [0.3, 0.4) is 0 Å². The van der Waals surface area contributed by atoms with Crippen molar-refractivity contribution in [1.82, 2.24) is 5.32 Å². The lowest BCUT2D eigenvalue weighted by Crippen LogP contribution is -2.31. The highest BCUT2D eigenvalue weighted by molar-refractivity contribution is 5.29. The maximum Gasteiger partial charge on any atom is 0.119 e. The first-order valence-corrected chi connectivity index (χ1v) is 6.71. The molecule has 0 radical (unpaired) electrons. The fourth-order valence-corrected chi connectivity index (χ4v) is 1.90. The van der Waals surface area contributed by atoms with E-state index in [2.05, 4.69) is 38.2 Å². The normalized spacial score (nSPS) is 14.2. The molecule has 0 spiro atoms. The van der Waals surface area contributed by atoms with Crippen LogP contribution in [0.1, 0.15) is 38.8 Å². The minimum atomic E-state index is 0.146. The van der Waals surface area contributed by atoms with E-state index in [0.29, 0.717) is 0 Å². The molecular weight excluding hydrogens is 226 g/mol. The Morgan fingerprint density at radius 2 is 1.83 bits per heavy atom. The van der Waals surface area contributed by atoms with Gasteiger partial charge in [-0.25, -0.2) is 0 Å². The Morgan fingerprint density at radius 3 is 2.33 bits per heavy atom. The van der Waals surface area contributed by atoms with Crippen LogP contribution in [-0.2, 0) is 4.74 Å². The summed E-state index contributed by atoms with van der Waals surface area (Å²) >= 11 is 0. The van der Waals surface area contributed by atoms with E-state index < -0.39 is 0 Å². The predicted octanol–water partition coefficient (Wildman–Crippen LogP) is 3.16. The molecule has 0 aliphatic heterocycles. The van der Waals surface area contributed by atoms with E-state index in [1.807, 2.05) is 12.1 Å². The van der Waals surface area contributed by atoms with Crippen LogP contribution in [0.5, 0.6) is 5.75 Å². The molecule has 0 saturated carbocycles. The summed E-state index contributed by atoms with van der Waals surface area (Å²) in [6.45, 7) is 7.98. The quantitative estimate of drug-likeness (QED) is 0.770. The van der Waals surface area contributed by atoms with E-state index in [4.69, 9.17) is 9.47 Å². The molecule has 1 rings (SSSR count). The third-order valence-corrected chi connectivity index (χ3v) is 2.98. The van der Waals surface area contributed by atoms with Gasteiger partial charge in [0.05, 0.1) is 18.8 Å². The summed E-state index contributed by atoms with van der Waals surface area (Å²) in [6, 6.07) is 8.48. The minimum absolute atomic E-state index is 0.146. The lowest BCUT2D eigenvalue weighted by molar-refractivity contribution is 0.0835. The Labute approximate surface area is 110 Å². The molecule has 2 atom stereocenters. The molecule has 1 N–H and O–H groups in total. The van der Waals surface area contributed by atoms with E-state index in [0.717, 1.165) is 25.3 Å². The second-order valence-electron chi connectivity index (χ2n) is 4.39. The smallest absolute Gasteiger partial charge is 0.119 e. The number of ether oxygens (including phenoxy) is 2. The van der Waals surface area contributed by atoms with Gasteiger partial charge in [0.15, 0.2) is 0 Å². The molecule has 0 aliphatic carbocycles. The Morgan fingerprint density at radius 1 is 1.17 bits per heavy atom. The number of nitrogens with one attached hydrogen (secondary N) is 1. The third kappa shape index (κ3) is 4.31. The molecule has 1 aromatic carbocycles. The van der Waals surface area contributed by atoms with Gasteiger partial charge >= 0.3 is 0 Å². The number of hydrogen-bond acceptors (Lipinski definition) is 3. The lowest BCUT2D eigenvalue weighted by atomic mass is 10.0. The predicted molar refractivity (Wildman–Crippen MR) is 75.1 cm³/mol. The van der Waals surface area contributed by atoms with E-state index >= 15 is 0 Å². The Bertz CT molecular complexity index is 324. The molecule has 18 heavy (non-hydrogen) atoms. The summed E-state index contributed by atoms with van der Waals surface area (Å²) in [6.07, 6.45) is 1.18. The monoisotopic (exact) mass is 251 g/mol. The first-order chi connectivity index (χ1) is 8.72. The second-order valence-corrected chi connectivity index (χ2v) is 4.39. The van der Waals surface area contributed by atoms with Crippen LogP contribution in [0, 0.1) is 0 Å². The summed E-state index contributed by atoms with van der Waals surface area (Å²) < 4.78 is 11.0. The molecule has 0 heterocycles. The fraction of sp³-hybridized carbons (Fsp3) is 0.600. The van der Waals surface area contributed by atoms with E-state index in [-0.39, 0.29) is 12.1 Å². The van der Waals surface area contributed by atoms with Crippen LogP contribution in [0.4, 0.5) is 0 Å².